The first-order valence-electron chi connectivity index (χ1n) is 10.4. The molecule has 1 atom stereocenters. The number of rotatable bonds is 9. The molecular formula is C23H29N3O7. The summed E-state index contributed by atoms with van der Waals surface area (Å²) in [4.78, 5) is 40.2. The van der Waals surface area contributed by atoms with Gasteiger partial charge in [0, 0.05) is 18.5 Å². The highest BCUT2D eigenvalue weighted by Crippen LogP contribution is 2.16. The Balaban J connectivity index is 2.04. The predicted octanol–water partition coefficient (Wildman–Crippen LogP) is 2.66. The Morgan fingerprint density at radius 3 is 2.36 bits per heavy atom. The first kappa shape index (κ1) is 25.6. The van der Waals surface area contributed by atoms with Crippen LogP contribution in [0.25, 0.3) is 0 Å². The molecule has 0 aliphatic rings. The second-order valence-corrected chi connectivity index (χ2v) is 8.36. The number of hydrogen-bond donors (Lipinski definition) is 4. The van der Waals surface area contributed by atoms with E-state index in [1.165, 1.54) is 18.3 Å². The summed E-state index contributed by atoms with van der Waals surface area (Å²) in [5, 5.41) is 20.4. The third kappa shape index (κ3) is 9.56. The third-order valence-corrected chi connectivity index (χ3v) is 4.33. The summed E-state index contributed by atoms with van der Waals surface area (Å²) in [5.41, 5.74) is 2.23. The number of aryl methyl sites for hydroxylation is 1. The molecule has 4 N–H and O–H groups in total. The van der Waals surface area contributed by atoms with Crippen molar-refractivity contribution in [3.63, 3.8) is 0 Å². The summed E-state index contributed by atoms with van der Waals surface area (Å²) in [6.07, 6.45) is 1.85. The summed E-state index contributed by atoms with van der Waals surface area (Å²) in [6, 6.07) is 8.65. The molecule has 2 rings (SSSR count). The molecule has 0 bridgehead atoms. The van der Waals surface area contributed by atoms with Gasteiger partial charge in [-0.05, 0) is 63.4 Å². The molecule has 0 fully saturated rings. The van der Waals surface area contributed by atoms with Crippen LogP contribution >= 0.6 is 0 Å². The molecule has 0 aliphatic heterocycles. The zero-order valence-corrected chi connectivity index (χ0v) is 18.8. The minimum absolute atomic E-state index is 0.0185. The maximum absolute atomic E-state index is 12.8. The first-order valence-corrected chi connectivity index (χ1v) is 10.4. The van der Waals surface area contributed by atoms with Crippen LogP contribution in [0.15, 0.2) is 42.6 Å². The number of hydroxylamine groups is 1. The van der Waals surface area contributed by atoms with Gasteiger partial charge in [0.1, 0.15) is 23.1 Å². The molecule has 10 heteroatoms. The zero-order chi connectivity index (χ0) is 24.4. The summed E-state index contributed by atoms with van der Waals surface area (Å²) in [6.45, 7) is 5.12. The highest BCUT2D eigenvalue weighted by molar-refractivity contribution is 5.83. The summed E-state index contributed by atoms with van der Waals surface area (Å²) in [7, 11) is 0. The molecule has 10 nitrogen and oxygen atoms in total. The van der Waals surface area contributed by atoms with Crippen molar-refractivity contribution >= 4 is 18.0 Å². The van der Waals surface area contributed by atoms with Crippen molar-refractivity contribution < 1.29 is 34.2 Å². The second kappa shape index (κ2) is 11.8. The van der Waals surface area contributed by atoms with Gasteiger partial charge in [-0.15, -0.1) is 0 Å². The molecule has 1 aromatic carbocycles. The number of carbonyl (C=O) groups excluding carboxylic acids is 3. The smallest absolute Gasteiger partial charge is 0.408 e. The van der Waals surface area contributed by atoms with Gasteiger partial charge in [-0.2, -0.15) is 0 Å². The average Bonchev–Trinajstić information content (AvgIpc) is 2.74. The van der Waals surface area contributed by atoms with Gasteiger partial charge in [-0.3, -0.25) is 15.0 Å². The van der Waals surface area contributed by atoms with Crippen LogP contribution in [0.1, 0.15) is 44.9 Å². The van der Waals surface area contributed by atoms with Crippen LogP contribution in [0.2, 0.25) is 0 Å². The quantitative estimate of drug-likeness (QED) is 0.194. The van der Waals surface area contributed by atoms with E-state index in [0.717, 1.165) is 5.56 Å². The van der Waals surface area contributed by atoms with E-state index >= 15 is 0 Å². The largest absolute Gasteiger partial charge is 0.506 e. The van der Waals surface area contributed by atoms with Crippen molar-refractivity contribution in [2.45, 2.75) is 58.1 Å². The fourth-order valence-electron chi connectivity index (χ4n) is 2.81. The highest BCUT2D eigenvalue weighted by Gasteiger charge is 2.27. The normalized spacial score (nSPS) is 11.9. The fourth-order valence-corrected chi connectivity index (χ4v) is 2.81. The fraction of sp³-hybridized carbons (Fsp3) is 0.391. The van der Waals surface area contributed by atoms with Crippen LogP contribution in [0, 0.1) is 0 Å². The highest BCUT2D eigenvalue weighted by atomic mass is 16.6. The zero-order valence-electron chi connectivity index (χ0n) is 18.8. The van der Waals surface area contributed by atoms with Crippen molar-refractivity contribution in [1.29, 1.82) is 0 Å². The lowest BCUT2D eigenvalue weighted by molar-refractivity contribution is -0.136. The maximum Gasteiger partial charge on any atom is 0.408 e. The first-order chi connectivity index (χ1) is 15.6. The van der Waals surface area contributed by atoms with Crippen molar-refractivity contribution in [3.05, 3.63) is 53.9 Å². The van der Waals surface area contributed by atoms with Gasteiger partial charge in [-0.25, -0.2) is 15.1 Å². The van der Waals surface area contributed by atoms with E-state index in [0.29, 0.717) is 18.5 Å². The maximum atomic E-state index is 12.8. The standard InChI is InChI=1S/C23H29N3O7/c1-23(2,3)33-22(30)25-19(13-16-9-10-17(27)14-24-16)21(29)32-18-11-7-15(8-12-18)5-4-6-20(28)26-31/h7-12,14,19,27,31H,4-6,13H2,1-3H3,(H,25,30)(H,26,28). The number of amides is 2. The molecule has 0 spiro atoms. The Bertz CT molecular complexity index is 938. The Labute approximate surface area is 191 Å². The summed E-state index contributed by atoms with van der Waals surface area (Å²) < 4.78 is 10.7. The molecule has 1 unspecified atom stereocenters. The van der Waals surface area contributed by atoms with Crippen molar-refractivity contribution in [2.24, 2.45) is 0 Å². The molecule has 0 saturated heterocycles. The lowest BCUT2D eigenvalue weighted by Gasteiger charge is -2.23. The van der Waals surface area contributed by atoms with Crippen molar-refractivity contribution in [2.75, 3.05) is 0 Å². The number of benzene rings is 1. The molecule has 0 aliphatic carbocycles. The van der Waals surface area contributed by atoms with Gasteiger partial charge >= 0.3 is 12.1 Å². The van der Waals surface area contributed by atoms with Gasteiger partial charge in [0.15, 0.2) is 0 Å². The lowest BCUT2D eigenvalue weighted by atomic mass is 10.1. The number of nitrogens with one attached hydrogen (secondary N) is 2. The molecular weight excluding hydrogens is 430 g/mol. The number of esters is 1. The average molecular weight is 459 g/mol. The second-order valence-electron chi connectivity index (χ2n) is 8.36. The van der Waals surface area contributed by atoms with E-state index in [-0.39, 0.29) is 24.3 Å². The van der Waals surface area contributed by atoms with Gasteiger partial charge in [0.2, 0.25) is 5.91 Å². The van der Waals surface area contributed by atoms with Gasteiger partial charge in [0.25, 0.3) is 0 Å². The minimum Gasteiger partial charge on any atom is -0.506 e. The summed E-state index contributed by atoms with van der Waals surface area (Å²) in [5.74, 6) is -0.892. The number of carbonyl (C=O) groups is 3. The molecule has 2 amide bonds. The Morgan fingerprint density at radius 2 is 1.79 bits per heavy atom. The van der Waals surface area contributed by atoms with Crippen molar-refractivity contribution in [1.82, 2.24) is 15.8 Å². The Kier molecular flexibility index (Phi) is 9.17. The van der Waals surface area contributed by atoms with Gasteiger partial charge < -0.3 is 19.9 Å². The monoisotopic (exact) mass is 459 g/mol. The van der Waals surface area contributed by atoms with E-state index in [1.54, 1.807) is 50.5 Å². The molecule has 2 aromatic rings. The molecule has 178 valence electrons. The van der Waals surface area contributed by atoms with Crippen molar-refractivity contribution in [3.8, 4) is 11.5 Å². The van der Waals surface area contributed by atoms with E-state index in [2.05, 4.69) is 10.3 Å². The van der Waals surface area contributed by atoms with E-state index in [9.17, 15) is 19.5 Å². The molecule has 0 radical (unpaired) electrons. The van der Waals surface area contributed by atoms with Crippen LogP contribution in [0.5, 0.6) is 11.5 Å². The van der Waals surface area contributed by atoms with E-state index in [4.69, 9.17) is 14.7 Å². The number of pyridine rings is 1. The molecule has 1 aromatic heterocycles. The SMILES string of the molecule is CC(C)(C)OC(=O)NC(Cc1ccc(O)cn1)C(=O)Oc1ccc(CCCC(=O)NO)cc1. The van der Waals surface area contributed by atoms with E-state index < -0.39 is 29.6 Å². The minimum atomic E-state index is -1.08. The van der Waals surface area contributed by atoms with Crippen LogP contribution < -0.4 is 15.5 Å². The van der Waals surface area contributed by atoms with Crippen LogP contribution in [0.4, 0.5) is 4.79 Å². The van der Waals surface area contributed by atoms with Gasteiger partial charge in [0.05, 0.1) is 6.20 Å². The predicted molar refractivity (Wildman–Crippen MR) is 118 cm³/mol. The lowest BCUT2D eigenvalue weighted by Crippen LogP contribution is -2.46. The number of hydrogen-bond acceptors (Lipinski definition) is 8. The van der Waals surface area contributed by atoms with Crippen LogP contribution in [-0.4, -0.2) is 44.9 Å². The topological polar surface area (TPSA) is 147 Å². The van der Waals surface area contributed by atoms with Gasteiger partial charge in [-0.1, -0.05) is 12.1 Å². The van der Waals surface area contributed by atoms with E-state index in [1.807, 2.05) is 0 Å². The number of nitrogens with zero attached hydrogens (tertiary/aromatic N) is 1. The van der Waals surface area contributed by atoms with Crippen LogP contribution in [-0.2, 0) is 27.2 Å². The summed E-state index contributed by atoms with van der Waals surface area (Å²) >= 11 is 0. The molecule has 0 saturated carbocycles. The number of ether oxygens (including phenoxy) is 2. The Hall–Kier alpha value is -3.66. The third-order valence-electron chi connectivity index (χ3n) is 4.33. The molecule has 1 heterocycles. The number of aromatic nitrogens is 1. The number of aromatic hydroxyl groups is 1. The van der Waals surface area contributed by atoms with Crippen LogP contribution in [0.3, 0.4) is 0 Å². The Morgan fingerprint density at radius 1 is 1.09 bits per heavy atom. The molecule has 33 heavy (non-hydrogen) atoms. The number of alkyl carbamates (subject to hydrolysis) is 1.